The van der Waals surface area contributed by atoms with Gasteiger partial charge in [0.05, 0.1) is 12.9 Å². The Bertz CT molecular complexity index is 956. The summed E-state index contributed by atoms with van der Waals surface area (Å²) in [6, 6.07) is 13.8. The molecule has 6 nitrogen and oxygen atoms in total. The highest BCUT2D eigenvalue weighted by atomic mass is 32.2. The number of hydrogen-bond donors (Lipinski definition) is 1. The zero-order valence-electron chi connectivity index (χ0n) is 16.6. The fourth-order valence-corrected chi connectivity index (χ4v) is 3.66. The van der Waals surface area contributed by atoms with Gasteiger partial charge >= 0.3 is 0 Å². The van der Waals surface area contributed by atoms with Gasteiger partial charge in [-0.15, -0.1) is 10.2 Å². The van der Waals surface area contributed by atoms with E-state index in [0.29, 0.717) is 11.7 Å². The number of methoxy groups -OCH3 is 1. The van der Waals surface area contributed by atoms with Gasteiger partial charge in [-0.05, 0) is 55.8 Å². The van der Waals surface area contributed by atoms with Crippen LogP contribution in [0.4, 0.5) is 4.39 Å². The summed E-state index contributed by atoms with van der Waals surface area (Å²) in [5.41, 5.74) is 1.77. The second-order valence-corrected chi connectivity index (χ2v) is 7.63. The number of nitrogens with one attached hydrogen (secondary N) is 1. The number of amides is 1. The average Bonchev–Trinajstić information content (AvgIpc) is 3.16. The third-order valence-corrected chi connectivity index (χ3v) is 5.21. The van der Waals surface area contributed by atoms with E-state index in [1.165, 1.54) is 23.9 Å². The van der Waals surface area contributed by atoms with Crippen LogP contribution in [0.5, 0.6) is 5.75 Å². The summed E-state index contributed by atoms with van der Waals surface area (Å²) in [4.78, 5) is 12.2. The molecule has 2 aromatic carbocycles. The molecule has 0 unspecified atom stereocenters. The summed E-state index contributed by atoms with van der Waals surface area (Å²) < 4.78 is 20.2. The molecule has 3 rings (SSSR count). The number of thioether (sulfide) groups is 1. The number of rotatable bonds is 8. The maximum atomic E-state index is 12.9. The summed E-state index contributed by atoms with van der Waals surface area (Å²) in [6.07, 6.45) is 0. The van der Waals surface area contributed by atoms with E-state index < -0.39 is 0 Å². The Morgan fingerprint density at radius 2 is 1.83 bits per heavy atom. The molecule has 0 fully saturated rings. The van der Waals surface area contributed by atoms with Crippen molar-refractivity contribution in [3.05, 3.63) is 59.9 Å². The molecule has 0 saturated heterocycles. The van der Waals surface area contributed by atoms with E-state index in [0.717, 1.165) is 22.7 Å². The minimum atomic E-state index is -0.295. The summed E-state index contributed by atoms with van der Waals surface area (Å²) >= 11 is 1.34. The van der Waals surface area contributed by atoms with Gasteiger partial charge in [0.25, 0.3) is 0 Å². The first kappa shape index (κ1) is 20.9. The van der Waals surface area contributed by atoms with Crippen LogP contribution in [0.2, 0.25) is 0 Å². The molecule has 152 valence electrons. The predicted octanol–water partition coefficient (Wildman–Crippen LogP) is 4.08. The van der Waals surface area contributed by atoms with E-state index in [4.69, 9.17) is 4.74 Å². The standard InChI is InChI=1S/C21H23FN4O2S/c1-14(2)26-20(16-6-10-18(28-3)11-7-16)24-25-21(26)29-13-19(27)23-12-15-4-8-17(22)9-5-15/h4-11,14H,12-13H2,1-3H3,(H,23,27). The van der Waals surface area contributed by atoms with Crippen molar-refractivity contribution in [2.24, 2.45) is 0 Å². The lowest BCUT2D eigenvalue weighted by atomic mass is 10.2. The van der Waals surface area contributed by atoms with Crippen LogP contribution in [-0.2, 0) is 11.3 Å². The van der Waals surface area contributed by atoms with Crippen LogP contribution in [0, 0.1) is 5.82 Å². The number of aromatic nitrogens is 3. The van der Waals surface area contributed by atoms with Crippen molar-refractivity contribution in [1.29, 1.82) is 0 Å². The number of halogens is 1. The second kappa shape index (κ2) is 9.56. The van der Waals surface area contributed by atoms with Crippen molar-refractivity contribution < 1.29 is 13.9 Å². The largest absolute Gasteiger partial charge is 0.497 e. The minimum Gasteiger partial charge on any atom is -0.497 e. The molecule has 0 aliphatic rings. The van der Waals surface area contributed by atoms with Crippen molar-refractivity contribution in [3.8, 4) is 17.1 Å². The molecular weight excluding hydrogens is 391 g/mol. The number of benzene rings is 2. The van der Waals surface area contributed by atoms with Gasteiger partial charge in [-0.1, -0.05) is 23.9 Å². The number of hydrogen-bond acceptors (Lipinski definition) is 5. The van der Waals surface area contributed by atoms with Crippen LogP contribution in [-0.4, -0.2) is 33.5 Å². The van der Waals surface area contributed by atoms with Crippen LogP contribution in [0.1, 0.15) is 25.5 Å². The summed E-state index contributed by atoms with van der Waals surface area (Å²) in [7, 11) is 1.63. The first-order chi connectivity index (χ1) is 14.0. The molecule has 0 bridgehead atoms. The normalized spacial score (nSPS) is 10.9. The van der Waals surface area contributed by atoms with Crippen molar-refractivity contribution in [2.45, 2.75) is 31.6 Å². The van der Waals surface area contributed by atoms with Gasteiger partial charge in [0.15, 0.2) is 11.0 Å². The van der Waals surface area contributed by atoms with E-state index in [1.807, 2.05) is 28.8 Å². The van der Waals surface area contributed by atoms with Crippen molar-refractivity contribution in [1.82, 2.24) is 20.1 Å². The molecule has 1 aromatic heterocycles. The minimum absolute atomic E-state index is 0.122. The Hall–Kier alpha value is -2.87. The number of nitrogens with zero attached hydrogens (tertiary/aromatic N) is 3. The summed E-state index contributed by atoms with van der Waals surface area (Å²) in [5, 5.41) is 12.1. The molecule has 0 aliphatic heterocycles. The molecule has 0 atom stereocenters. The molecule has 0 aliphatic carbocycles. The Balaban J connectivity index is 1.65. The van der Waals surface area contributed by atoms with Gasteiger partial charge in [-0.2, -0.15) is 0 Å². The number of carbonyl (C=O) groups excluding carboxylic acids is 1. The SMILES string of the molecule is COc1ccc(-c2nnc(SCC(=O)NCc3ccc(F)cc3)n2C(C)C)cc1. The van der Waals surface area contributed by atoms with Crippen LogP contribution in [0.3, 0.4) is 0 Å². The third kappa shape index (κ3) is 5.35. The van der Waals surface area contributed by atoms with Crippen molar-refractivity contribution >= 4 is 17.7 Å². The van der Waals surface area contributed by atoms with Crippen LogP contribution in [0.15, 0.2) is 53.7 Å². The first-order valence-corrected chi connectivity index (χ1v) is 10.2. The van der Waals surface area contributed by atoms with Gasteiger partial charge in [-0.3, -0.25) is 9.36 Å². The van der Waals surface area contributed by atoms with E-state index in [-0.39, 0.29) is 23.5 Å². The van der Waals surface area contributed by atoms with E-state index >= 15 is 0 Å². The van der Waals surface area contributed by atoms with Crippen molar-refractivity contribution in [3.63, 3.8) is 0 Å². The topological polar surface area (TPSA) is 69.0 Å². The highest BCUT2D eigenvalue weighted by Gasteiger charge is 2.18. The second-order valence-electron chi connectivity index (χ2n) is 6.69. The molecule has 3 aromatic rings. The predicted molar refractivity (Wildman–Crippen MR) is 111 cm³/mol. The van der Waals surface area contributed by atoms with Gasteiger partial charge in [0.2, 0.25) is 5.91 Å². The monoisotopic (exact) mass is 414 g/mol. The van der Waals surface area contributed by atoms with Crippen LogP contribution < -0.4 is 10.1 Å². The van der Waals surface area contributed by atoms with Crippen LogP contribution >= 0.6 is 11.8 Å². The maximum Gasteiger partial charge on any atom is 0.230 e. The maximum absolute atomic E-state index is 12.9. The zero-order valence-corrected chi connectivity index (χ0v) is 17.4. The number of carbonyl (C=O) groups is 1. The van der Waals surface area contributed by atoms with Gasteiger partial charge in [0.1, 0.15) is 11.6 Å². The molecule has 0 saturated carbocycles. The third-order valence-electron chi connectivity index (χ3n) is 4.26. The van der Waals surface area contributed by atoms with Gasteiger partial charge in [0, 0.05) is 18.2 Å². The quantitative estimate of drug-likeness (QED) is 0.563. The molecule has 0 radical (unpaired) electrons. The first-order valence-electron chi connectivity index (χ1n) is 9.21. The summed E-state index contributed by atoms with van der Waals surface area (Å²) in [5.74, 6) is 1.32. The summed E-state index contributed by atoms with van der Waals surface area (Å²) in [6.45, 7) is 4.46. The van der Waals surface area contributed by atoms with Gasteiger partial charge in [-0.25, -0.2) is 4.39 Å². The van der Waals surface area contributed by atoms with Crippen LogP contribution in [0.25, 0.3) is 11.4 Å². The highest BCUT2D eigenvalue weighted by Crippen LogP contribution is 2.28. The Labute approximate surface area is 173 Å². The van der Waals surface area contributed by atoms with E-state index in [9.17, 15) is 9.18 Å². The number of ether oxygens (including phenoxy) is 1. The van der Waals surface area contributed by atoms with Crippen molar-refractivity contribution in [2.75, 3.05) is 12.9 Å². The Morgan fingerprint density at radius 3 is 2.45 bits per heavy atom. The molecule has 0 spiro atoms. The molecule has 1 amide bonds. The lowest BCUT2D eigenvalue weighted by Gasteiger charge is -2.14. The average molecular weight is 415 g/mol. The van der Waals surface area contributed by atoms with E-state index in [1.54, 1.807) is 19.2 Å². The lowest BCUT2D eigenvalue weighted by molar-refractivity contribution is -0.118. The van der Waals surface area contributed by atoms with E-state index in [2.05, 4.69) is 29.4 Å². The Kier molecular flexibility index (Phi) is 6.87. The lowest BCUT2D eigenvalue weighted by Crippen LogP contribution is -2.24. The highest BCUT2D eigenvalue weighted by molar-refractivity contribution is 7.99. The smallest absolute Gasteiger partial charge is 0.230 e. The van der Waals surface area contributed by atoms with Gasteiger partial charge < -0.3 is 10.1 Å². The fourth-order valence-electron chi connectivity index (χ4n) is 2.76. The molecular formula is C21H23FN4O2S. The molecule has 1 N–H and O–H groups in total. The molecule has 1 heterocycles. The Morgan fingerprint density at radius 1 is 1.14 bits per heavy atom. The zero-order chi connectivity index (χ0) is 20.8. The molecule has 8 heteroatoms. The fraction of sp³-hybridized carbons (Fsp3) is 0.286. The molecule has 29 heavy (non-hydrogen) atoms.